The Balaban J connectivity index is 1.61. The normalized spacial score (nSPS) is 19.4. The number of fused-ring (bicyclic) bond motifs is 1. The minimum absolute atomic E-state index is 0.0531. The number of aromatic nitrogens is 4. The number of anilines is 1. The summed E-state index contributed by atoms with van der Waals surface area (Å²) in [7, 11) is 1.51. The highest BCUT2D eigenvalue weighted by Gasteiger charge is 2.30. The lowest BCUT2D eigenvalue weighted by atomic mass is 9.77. The standard InChI is InChI=1S/C25H26N6O4S/c1-4-35-21-10-5-7-17(27-21)24-29-23-25(31(24)22-18(32)8-6-9-19(22)34-3)28-20(13-26-23)30-36(33)14-16-11-15(2)12-16/h6,8-10,13,15-16,32H,4,11-12,14H2,1-3H3,(H,28,30)/t15-,16+,36?. The minimum Gasteiger partial charge on any atom is -0.593 e. The predicted octanol–water partition coefficient (Wildman–Crippen LogP) is 3.75. The first kappa shape index (κ1) is 24.0. The van der Waals surface area contributed by atoms with Gasteiger partial charge in [-0.05, 0) is 43.5 Å². The van der Waals surface area contributed by atoms with Gasteiger partial charge >= 0.3 is 0 Å². The first-order valence-corrected chi connectivity index (χ1v) is 13.0. The van der Waals surface area contributed by atoms with Gasteiger partial charge in [0.1, 0.15) is 22.9 Å². The Labute approximate surface area is 211 Å². The molecule has 5 rings (SSSR count). The molecule has 2 N–H and O–H groups in total. The second-order valence-corrected chi connectivity index (χ2v) is 9.93. The van der Waals surface area contributed by atoms with Crippen LogP contribution >= 0.6 is 0 Å². The number of imidazole rings is 1. The van der Waals surface area contributed by atoms with E-state index < -0.39 is 11.4 Å². The number of hydrogen-bond acceptors (Lipinski definition) is 9. The molecule has 3 heterocycles. The molecule has 0 spiro atoms. The lowest BCUT2D eigenvalue weighted by Gasteiger charge is -2.32. The van der Waals surface area contributed by atoms with Gasteiger partial charge in [-0.3, -0.25) is 4.57 Å². The fourth-order valence-electron chi connectivity index (χ4n) is 4.41. The van der Waals surface area contributed by atoms with E-state index in [9.17, 15) is 9.66 Å². The van der Waals surface area contributed by atoms with Crippen LogP contribution in [0.5, 0.6) is 11.5 Å². The molecule has 1 aliphatic carbocycles. The van der Waals surface area contributed by atoms with E-state index >= 15 is 0 Å². The van der Waals surface area contributed by atoms with Crippen LogP contribution in [0.3, 0.4) is 0 Å². The lowest BCUT2D eigenvalue weighted by molar-refractivity contribution is 0.235. The lowest BCUT2D eigenvalue weighted by Crippen LogP contribution is -2.31. The van der Waals surface area contributed by atoms with E-state index in [1.807, 2.05) is 6.92 Å². The highest BCUT2D eigenvalue weighted by Crippen LogP contribution is 2.37. The van der Waals surface area contributed by atoms with Crippen LogP contribution in [0, 0.1) is 11.8 Å². The molecule has 0 saturated heterocycles. The molecule has 2 aliphatic rings. The van der Waals surface area contributed by atoms with Crippen LogP contribution in [0.15, 0.2) is 46.9 Å². The Hall–Kier alpha value is -3.75. The largest absolute Gasteiger partial charge is 0.593 e. The van der Waals surface area contributed by atoms with Crippen LogP contribution in [0.1, 0.15) is 32.5 Å². The fourth-order valence-corrected chi connectivity index (χ4v) is 5.53. The van der Waals surface area contributed by atoms with Crippen molar-refractivity contribution < 1.29 is 19.1 Å². The van der Waals surface area contributed by atoms with Gasteiger partial charge < -0.3 is 19.1 Å². The zero-order valence-corrected chi connectivity index (χ0v) is 21.0. The van der Waals surface area contributed by atoms with Crippen LogP contribution in [0.25, 0.3) is 22.7 Å². The molecule has 1 atom stereocenters. The van der Waals surface area contributed by atoms with Crippen molar-refractivity contribution >= 4 is 40.1 Å². The van der Waals surface area contributed by atoms with Crippen molar-refractivity contribution in [1.29, 1.82) is 0 Å². The van der Waals surface area contributed by atoms with E-state index in [2.05, 4.69) is 43.1 Å². The minimum atomic E-state index is -1.30. The number of benzene rings is 1. The molecule has 10 nitrogen and oxygen atoms in total. The third kappa shape index (κ3) is 4.69. The van der Waals surface area contributed by atoms with E-state index in [-0.39, 0.29) is 5.75 Å². The number of phenolic OH excluding ortho intramolecular Hbond substituents is 1. The molecular formula is C25H26N6O4S. The molecule has 186 valence electrons. The first-order valence-electron chi connectivity index (χ1n) is 11.7. The highest BCUT2D eigenvalue weighted by molar-refractivity contribution is 7.92. The molecule has 3 aromatic rings. The number of nitrogens with zero attached hydrogens (tertiary/aromatic N) is 5. The van der Waals surface area contributed by atoms with Gasteiger partial charge in [0.15, 0.2) is 28.6 Å². The molecule has 1 unspecified atom stereocenters. The van der Waals surface area contributed by atoms with E-state index in [0.29, 0.717) is 70.2 Å². The van der Waals surface area contributed by atoms with Crippen molar-refractivity contribution in [3.05, 3.63) is 47.8 Å². The number of rotatable bonds is 8. The van der Waals surface area contributed by atoms with Crippen molar-refractivity contribution in [2.24, 2.45) is 16.8 Å². The molecule has 1 fully saturated rings. The monoisotopic (exact) mass is 506 g/mol. The molecule has 36 heavy (non-hydrogen) atoms. The van der Waals surface area contributed by atoms with Gasteiger partial charge in [0.25, 0.3) is 0 Å². The molecule has 0 bridgehead atoms. The highest BCUT2D eigenvalue weighted by atomic mass is 32.2. The van der Waals surface area contributed by atoms with Crippen LogP contribution in [-0.2, 0) is 16.1 Å². The van der Waals surface area contributed by atoms with Crippen LogP contribution < -0.4 is 9.46 Å². The van der Waals surface area contributed by atoms with Crippen molar-refractivity contribution in [2.75, 3.05) is 24.2 Å². The molecule has 1 saturated carbocycles. The Kier molecular flexibility index (Phi) is 6.71. The number of phenols is 1. The summed E-state index contributed by atoms with van der Waals surface area (Å²) in [6, 6.07) is 4.93. The second kappa shape index (κ2) is 10.1. The summed E-state index contributed by atoms with van der Waals surface area (Å²) in [4.78, 5) is 18.2. The summed E-state index contributed by atoms with van der Waals surface area (Å²) >= 11 is -1.30. The van der Waals surface area contributed by atoms with Gasteiger partial charge in [-0.2, -0.15) is 4.72 Å². The van der Waals surface area contributed by atoms with E-state index in [0.717, 1.165) is 12.8 Å². The SMILES string of the molecule is CCOC1=NC(c2nc3ncc(N[S+]([O-])C[C@H]4C[C@@H](C)C4)nc3n2-c2c(O)cccc2OC)=C=C=C1. The average molecular weight is 507 g/mol. The van der Waals surface area contributed by atoms with Crippen molar-refractivity contribution in [1.82, 2.24) is 19.5 Å². The number of para-hydroxylation sites is 1. The van der Waals surface area contributed by atoms with Crippen LogP contribution in [0.2, 0.25) is 0 Å². The van der Waals surface area contributed by atoms with Gasteiger partial charge in [0, 0.05) is 5.92 Å². The van der Waals surface area contributed by atoms with Crippen LogP contribution in [0.4, 0.5) is 5.82 Å². The number of ether oxygens (including phenoxy) is 2. The maximum atomic E-state index is 12.7. The number of hydrogen-bond donors (Lipinski definition) is 2. The van der Waals surface area contributed by atoms with Crippen LogP contribution in [-0.4, -0.2) is 54.5 Å². The van der Waals surface area contributed by atoms with E-state index in [1.54, 1.807) is 22.8 Å². The zero-order valence-electron chi connectivity index (χ0n) is 20.2. The number of aromatic hydroxyl groups is 1. The number of methoxy groups -OCH3 is 1. The second-order valence-electron chi connectivity index (χ2n) is 8.70. The van der Waals surface area contributed by atoms with Gasteiger partial charge in [0.2, 0.25) is 5.90 Å². The maximum absolute atomic E-state index is 12.7. The van der Waals surface area contributed by atoms with Crippen molar-refractivity contribution in [2.45, 2.75) is 26.7 Å². The van der Waals surface area contributed by atoms with E-state index in [1.165, 1.54) is 19.4 Å². The van der Waals surface area contributed by atoms with Crippen molar-refractivity contribution in [3.8, 4) is 17.2 Å². The Morgan fingerprint density at radius 1 is 1.31 bits per heavy atom. The van der Waals surface area contributed by atoms with Crippen molar-refractivity contribution in [3.63, 3.8) is 0 Å². The van der Waals surface area contributed by atoms with E-state index in [4.69, 9.17) is 9.47 Å². The maximum Gasteiger partial charge on any atom is 0.223 e. The Bertz CT molecular complexity index is 1430. The van der Waals surface area contributed by atoms with Gasteiger partial charge in [-0.15, -0.1) is 0 Å². The third-order valence-electron chi connectivity index (χ3n) is 5.98. The molecule has 2 aromatic heterocycles. The Morgan fingerprint density at radius 3 is 2.89 bits per heavy atom. The molecule has 11 heteroatoms. The smallest absolute Gasteiger partial charge is 0.223 e. The topological polar surface area (TPSA) is 130 Å². The zero-order chi connectivity index (χ0) is 25.2. The molecular weight excluding hydrogens is 480 g/mol. The molecule has 1 aromatic carbocycles. The molecule has 1 aliphatic heterocycles. The fraction of sp³-hybridized carbons (Fsp3) is 0.360. The molecule has 0 amide bonds. The summed E-state index contributed by atoms with van der Waals surface area (Å²) in [5.41, 5.74) is 7.11. The summed E-state index contributed by atoms with van der Waals surface area (Å²) in [6.07, 6.45) is 5.25. The predicted molar refractivity (Wildman–Crippen MR) is 137 cm³/mol. The number of aliphatic imine (C=N–C) groups is 1. The first-order chi connectivity index (χ1) is 17.5. The third-order valence-corrected chi connectivity index (χ3v) is 7.19. The summed E-state index contributed by atoms with van der Waals surface area (Å²) < 4.78 is 28.3. The quantitative estimate of drug-likeness (QED) is 0.349. The van der Waals surface area contributed by atoms with Gasteiger partial charge in [0.05, 0.1) is 37.4 Å². The van der Waals surface area contributed by atoms with Gasteiger partial charge in [-0.1, -0.05) is 18.7 Å². The average Bonchev–Trinajstić information content (AvgIpc) is 3.21. The molecule has 0 radical (unpaired) electrons. The Morgan fingerprint density at radius 2 is 2.14 bits per heavy atom. The summed E-state index contributed by atoms with van der Waals surface area (Å²) in [6.45, 7) is 4.49. The van der Waals surface area contributed by atoms with Gasteiger partial charge in [-0.25, -0.2) is 19.9 Å². The number of nitrogens with one attached hydrogen (secondary N) is 1. The summed E-state index contributed by atoms with van der Waals surface area (Å²) in [5, 5.41) is 10.8. The summed E-state index contributed by atoms with van der Waals surface area (Å²) in [5.74, 6) is 3.03.